The molecule has 2 N–H and O–H groups in total. The first kappa shape index (κ1) is 17.5. The Kier molecular flexibility index (Phi) is 5.13. The summed E-state index contributed by atoms with van der Waals surface area (Å²) in [5.74, 6) is -0.406. The summed E-state index contributed by atoms with van der Waals surface area (Å²) >= 11 is 0. The van der Waals surface area contributed by atoms with E-state index in [0.717, 1.165) is 31.2 Å². The van der Waals surface area contributed by atoms with Crippen molar-refractivity contribution in [1.82, 2.24) is 20.3 Å². The Hall–Kier alpha value is -2.28. The standard InChI is InChI=1S/C18H23FN4O2/c1-13(24)16-10-23(22-21-16)11-17(25)20-12-18(8-2-3-9-18)14-4-6-15(19)7-5-14/h4-7,10,13,24H,2-3,8-9,11-12H2,1H3,(H,20,25). The van der Waals surface area contributed by atoms with Crippen molar-refractivity contribution in [1.29, 1.82) is 0 Å². The molecular formula is C18H23FN4O2. The lowest BCUT2D eigenvalue weighted by atomic mass is 9.79. The Morgan fingerprint density at radius 3 is 2.64 bits per heavy atom. The number of benzene rings is 1. The van der Waals surface area contributed by atoms with Crippen LogP contribution in [-0.2, 0) is 16.8 Å². The van der Waals surface area contributed by atoms with Gasteiger partial charge in [-0.2, -0.15) is 0 Å². The third-order valence-electron chi connectivity index (χ3n) is 4.93. The van der Waals surface area contributed by atoms with Crippen LogP contribution in [0.3, 0.4) is 0 Å². The minimum atomic E-state index is -0.711. The van der Waals surface area contributed by atoms with Crippen molar-refractivity contribution in [2.24, 2.45) is 0 Å². The largest absolute Gasteiger partial charge is 0.387 e. The van der Waals surface area contributed by atoms with Gasteiger partial charge in [0.2, 0.25) is 5.91 Å². The number of hydrogen-bond donors (Lipinski definition) is 2. The van der Waals surface area contributed by atoms with E-state index >= 15 is 0 Å². The molecule has 1 fully saturated rings. The quantitative estimate of drug-likeness (QED) is 0.839. The lowest BCUT2D eigenvalue weighted by Crippen LogP contribution is -2.40. The van der Waals surface area contributed by atoms with Crippen molar-refractivity contribution in [3.8, 4) is 0 Å². The summed E-state index contributed by atoms with van der Waals surface area (Å²) in [5, 5.41) is 20.1. The third kappa shape index (κ3) is 4.04. The van der Waals surface area contributed by atoms with Crippen LogP contribution in [0, 0.1) is 5.82 Å². The fraction of sp³-hybridized carbons (Fsp3) is 0.500. The van der Waals surface area contributed by atoms with Gasteiger partial charge in [-0.1, -0.05) is 30.2 Å². The normalized spacial score (nSPS) is 17.4. The molecule has 1 amide bonds. The van der Waals surface area contributed by atoms with E-state index in [4.69, 9.17) is 0 Å². The van der Waals surface area contributed by atoms with Gasteiger partial charge in [-0.3, -0.25) is 4.79 Å². The molecule has 1 atom stereocenters. The van der Waals surface area contributed by atoms with Gasteiger partial charge in [0.05, 0.1) is 12.3 Å². The van der Waals surface area contributed by atoms with Crippen LogP contribution in [0.15, 0.2) is 30.5 Å². The molecule has 3 rings (SSSR count). The maximum atomic E-state index is 13.2. The average Bonchev–Trinajstić information content (AvgIpc) is 3.24. The van der Waals surface area contributed by atoms with Crippen LogP contribution in [0.5, 0.6) is 0 Å². The van der Waals surface area contributed by atoms with Crippen LogP contribution in [0.1, 0.15) is 50.0 Å². The van der Waals surface area contributed by atoms with Crippen LogP contribution < -0.4 is 5.32 Å². The summed E-state index contributed by atoms with van der Waals surface area (Å²) in [6, 6.07) is 6.59. The SMILES string of the molecule is CC(O)c1cn(CC(=O)NCC2(c3ccc(F)cc3)CCCC2)nn1. The van der Waals surface area contributed by atoms with E-state index in [-0.39, 0.29) is 23.7 Å². The molecular weight excluding hydrogens is 323 g/mol. The molecule has 1 aromatic carbocycles. The van der Waals surface area contributed by atoms with Gasteiger partial charge in [-0.05, 0) is 37.5 Å². The number of nitrogens with zero attached hydrogens (tertiary/aromatic N) is 3. The average molecular weight is 346 g/mol. The van der Waals surface area contributed by atoms with Crippen molar-refractivity contribution >= 4 is 5.91 Å². The van der Waals surface area contributed by atoms with Crippen LogP contribution >= 0.6 is 0 Å². The zero-order valence-electron chi connectivity index (χ0n) is 14.3. The molecule has 6 nitrogen and oxygen atoms in total. The Bertz CT molecular complexity index is 721. The van der Waals surface area contributed by atoms with Crippen molar-refractivity contribution < 1.29 is 14.3 Å². The van der Waals surface area contributed by atoms with Crippen LogP contribution in [0.4, 0.5) is 4.39 Å². The molecule has 134 valence electrons. The zero-order valence-corrected chi connectivity index (χ0v) is 14.3. The second kappa shape index (κ2) is 7.31. The first-order valence-corrected chi connectivity index (χ1v) is 8.59. The number of aromatic nitrogens is 3. The van der Waals surface area contributed by atoms with Gasteiger partial charge in [0.1, 0.15) is 18.1 Å². The maximum absolute atomic E-state index is 13.2. The predicted octanol–water partition coefficient (Wildman–Crippen LogP) is 2.10. The molecule has 1 heterocycles. The number of nitrogens with one attached hydrogen (secondary N) is 1. The molecule has 7 heteroatoms. The topological polar surface area (TPSA) is 80.0 Å². The Morgan fingerprint density at radius 2 is 2.04 bits per heavy atom. The fourth-order valence-electron chi connectivity index (χ4n) is 3.48. The Balaban J connectivity index is 1.63. The van der Waals surface area contributed by atoms with E-state index in [9.17, 15) is 14.3 Å². The smallest absolute Gasteiger partial charge is 0.241 e. The van der Waals surface area contributed by atoms with Crippen molar-refractivity contribution in [2.75, 3.05) is 6.54 Å². The van der Waals surface area contributed by atoms with Gasteiger partial charge >= 0.3 is 0 Å². The molecule has 1 saturated carbocycles. The maximum Gasteiger partial charge on any atom is 0.241 e. The summed E-state index contributed by atoms with van der Waals surface area (Å²) in [6.07, 6.45) is 5.03. The Labute approximate surface area is 146 Å². The van der Waals surface area contributed by atoms with E-state index in [1.54, 1.807) is 13.1 Å². The third-order valence-corrected chi connectivity index (χ3v) is 4.93. The summed E-state index contributed by atoms with van der Waals surface area (Å²) < 4.78 is 14.6. The lowest BCUT2D eigenvalue weighted by Gasteiger charge is -2.30. The van der Waals surface area contributed by atoms with E-state index in [0.29, 0.717) is 12.2 Å². The second-order valence-electron chi connectivity index (χ2n) is 6.79. The number of rotatable bonds is 6. The van der Waals surface area contributed by atoms with E-state index in [1.807, 2.05) is 12.1 Å². The van der Waals surface area contributed by atoms with Crippen LogP contribution in [0.25, 0.3) is 0 Å². The summed E-state index contributed by atoms with van der Waals surface area (Å²) in [4.78, 5) is 12.3. The first-order valence-electron chi connectivity index (χ1n) is 8.59. The molecule has 0 radical (unpaired) electrons. The monoisotopic (exact) mass is 346 g/mol. The highest BCUT2D eigenvalue weighted by molar-refractivity contribution is 5.75. The number of aliphatic hydroxyl groups is 1. The molecule has 0 aliphatic heterocycles. The van der Waals surface area contributed by atoms with Gasteiger partial charge < -0.3 is 10.4 Å². The van der Waals surface area contributed by atoms with Gasteiger partial charge in [0.25, 0.3) is 0 Å². The lowest BCUT2D eigenvalue weighted by molar-refractivity contribution is -0.122. The Morgan fingerprint density at radius 1 is 1.36 bits per heavy atom. The summed E-state index contributed by atoms with van der Waals surface area (Å²) in [6.45, 7) is 2.18. The number of aliphatic hydroxyl groups excluding tert-OH is 1. The van der Waals surface area contributed by atoms with Gasteiger partial charge in [-0.15, -0.1) is 5.10 Å². The predicted molar refractivity (Wildman–Crippen MR) is 90.2 cm³/mol. The molecule has 1 unspecified atom stereocenters. The van der Waals surface area contributed by atoms with Gasteiger partial charge in [0.15, 0.2) is 0 Å². The summed E-state index contributed by atoms with van der Waals surface area (Å²) in [7, 11) is 0. The molecule has 1 aliphatic rings. The van der Waals surface area contributed by atoms with E-state index in [1.165, 1.54) is 16.8 Å². The molecule has 1 aliphatic carbocycles. The van der Waals surface area contributed by atoms with Crippen molar-refractivity contribution in [2.45, 2.75) is 50.7 Å². The minimum Gasteiger partial charge on any atom is -0.387 e. The molecule has 25 heavy (non-hydrogen) atoms. The number of carbonyl (C=O) groups is 1. The molecule has 1 aromatic heterocycles. The first-order chi connectivity index (χ1) is 12.0. The number of halogens is 1. The minimum absolute atomic E-state index is 0.0548. The zero-order chi connectivity index (χ0) is 17.9. The van der Waals surface area contributed by atoms with Crippen LogP contribution in [0.2, 0.25) is 0 Å². The molecule has 2 aromatic rings. The summed E-state index contributed by atoms with van der Waals surface area (Å²) in [5.41, 5.74) is 1.38. The highest BCUT2D eigenvalue weighted by Gasteiger charge is 2.35. The van der Waals surface area contributed by atoms with Gasteiger partial charge in [-0.25, -0.2) is 9.07 Å². The van der Waals surface area contributed by atoms with E-state index in [2.05, 4.69) is 15.6 Å². The van der Waals surface area contributed by atoms with Crippen LogP contribution in [-0.4, -0.2) is 32.6 Å². The number of carbonyl (C=O) groups excluding carboxylic acids is 1. The molecule has 0 spiro atoms. The highest BCUT2D eigenvalue weighted by atomic mass is 19.1. The van der Waals surface area contributed by atoms with Crippen molar-refractivity contribution in [3.05, 3.63) is 47.5 Å². The van der Waals surface area contributed by atoms with Gasteiger partial charge in [0, 0.05) is 12.0 Å². The molecule has 0 saturated heterocycles. The number of hydrogen-bond acceptors (Lipinski definition) is 4. The number of amides is 1. The van der Waals surface area contributed by atoms with Crippen molar-refractivity contribution in [3.63, 3.8) is 0 Å². The molecule has 0 bridgehead atoms. The highest BCUT2D eigenvalue weighted by Crippen LogP contribution is 2.40. The second-order valence-corrected chi connectivity index (χ2v) is 6.79. The fourth-order valence-corrected chi connectivity index (χ4v) is 3.48. The van der Waals surface area contributed by atoms with E-state index < -0.39 is 6.10 Å².